The van der Waals surface area contributed by atoms with Gasteiger partial charge in [0.2, 0.25) is 6.79 Å². The molecule has 0 unspecified atom stereocenters. The number of nitro groups is 2. The first-order valence-electron chi connectivity index (χ1n) is 14.3. The van der Waals surface area contributed by atoms with E-state index in [0.29, 0.717) is 62.3 Å². The molecule has 18 heteroatoms. The maximum atomic E-state index is 11.2. The first-order chi connectivity index (χ1) is 23.8. The van der Waals surface area contributed by atoms with Crippen LogP contribution in [0.1, 0.15) is 5.56 Å². The number of aromatic nitrogens is 6. The van der Waals surface area contributed by atoms with E-state index < -0.39 is 9.85 Å². The van der Waals surface area contributed by atoms with Gasteiger partial charge in [0.25, 0.3) is 0 Å². The van der Waals surface area contributed by atoms with Crippen molar-refractivity contribution in [3.63, 3.8) is 0 Å². The lowest BCUT2D eigenvalue weighted by Gasteiger charge is -2.09. The van der Waals surface area contributed by atoms with E-state index in [1.807, 2.05) is 30.3 Å². The van der Waals surface area contributed by atoms with E-state index in [2.05, 4.69) is 35.2 Å². The number of pyridine rings is 2. The summed E-state index contributed by atoms with van der Waals surface area (Å²) in [4.78, 5) is 48.0. The molecule has 0 saturated carbocycles. The summed E-state index contributed by atoms with van der Waals surface area (Å²) in [7, 11) is 0. The van der Waals surface area contributed by atoms with Gasteiger partial charge in [-0.25, -0.2) is 19.9 Å². The topological polar surface area (TPSA) is 194 Å². The van der Waals surface area contributed by atoms with Crippen LogP contribution in [0.5, 0.6) is 11.5 Å². The summed E-state index contributed by atoms with van der Waals surface area (Å²) in [6, 6.07) is 19.5. The summed E-state index contributed by atoms with van der Waals surface area (Å²) in [5.74, 6) is 2.81. The van der Waals surface area contributed by atoms with Crippen LogP contribution in [0, 0.1) is 20.2 Å². The molecule has 0 amide bonds. The number of benzene rings is 1. The highest BCUT2D eigenvalue weighted by atomic mass is 35.5. The molecular weight excluding hydrogens is 694 g/mol. The van der Waals surface area contributed by atoms with Gasteiger partial charge in [-0.15, -0.1) is 0 Å². The Hall–Kier alpha value is -5.91. The molecule has 0 atom stereocenters. The zero-order valence-electron chi connectivity index (χ0n) is 24.8. The summed E-state index contributed by atoms with van der Waals surface area (Å²) in [6.45, 7) is 0.820. The van der Waals surface area contributed by atoms with Crippen molar-refractivity contribution < 1.29 is 19.3 Å². The lowest BCUT2D eigenvalue weighted by molar-refractivity contribution is -0.380. The zero-order chi connectivity index (χ0) is 33.9. The Balaban J connectivity index is 0.000000171. The van der Waals surface area contributed by atoms with E-state index in [1.165, 1.54) is 12.1 Å². The fourth-order valence-corrected chi connectivity index (χ4v) is 6.71. The highest BCUT2D eigenvalue weighted by Crippen LogP contribution is 2.37. The molecule has 0 spiro atoms. The summed E-state index contributed by atoms with van der Waals surface area (Å²) >= 11 is 8.02. The minimum atomic E-state index is -0.469. The number of rotatable bonds is 8. The average Bonchev–Trinajstić information content (AvgIpc) is 3.88. The van der Waals surface area contributed by atoms with E-state index in [4.69, 9.17) is 21.1 Å². The van der Waals surface area contributed by atoms with Crippen LogP contribution in [0.3, 0.4) is 0 Å². The smallest absolute Gasteiger partial charge is 0.326 e. The normalized spacial score (nSPS) is 11.7. The van der Waals surface area contributed by atoms with Crippen LogP contribution in [0.2, 0.25) is 5.15 Å². The van der Waals surface area contributed by atoms with Crippen molar-refractivity contribution in [3.8, 4) is 34.5 Å². The molecule has 0 bridgehead atoms. The van der Waals surface area contributed by atoms with Gasteiger partial charge in [-0.2, -0.15) is 0 Å². The first-order valence-corrected chi connectivity index (χ1v) is 16.4. The molecule has 0 saturated heterocycles. The Labute approximate surface area is 288 Å². The molecule has 7 heterocycles. The number of hydrogen-bond donors (Lipinski definition) is 1. The van der Waals surface area contributed by atoms with Crippen LogP contribution in [0.15, 0.2) is 79.1 Å². The van der Waals surface area contributed by atoms with Gasteiger partial charge >= 0.3 is 10.0 Å². The molecule has 7 aromatic rings. The monoisotopic (exact) mass is 713 g/mol. The number of hydrogen-bond acceptors (Lipinski definition) is 15. The molecule has 0 aliphatic carbocycles. The number of fused-ring (bicyclic) bond motifs is 3. The molecule has 0 fully saturated rings. The van der Waals surface area contributed by atoms with Crippen molar-refractivity contribution in [2.75, 3.05) is 18.7 Å². The van der Waals surface area contributed by atoms with E-state index in [0.717, 1.165) is 39.7 Å². The number of thiophene rings is 2. The lowest BCUT2D eigenvalue weighted by atomic mass is 10.1. The SMILES string of the molecule is O=[N+]([O-])c1cc2c(Cl)nc(-c3ccccn3)nc2s1.O=[N+]([O-])c1cc2c(NCCc3ccc4c(c3)OCO4)nc(-c3ccccn3)nc2s1. The number of halogens is 1. The Kier molecular flexibility index (Phi) is 8.84. The third kappa shape index (κ3) is 6.89. The van der Waals surface area contributed by atoms with Gasteiger partial charge in [0.15, 0.2) is 23.1 Å². The van der Waals surface area contributed by atoms with Crippen molar-refractivity contribution in [3.05, 3.63) is 110 Å². The highest BCUT2D eigenvalue weighted by Gasteiger charge is 2.20. The second-order valence-electron chi connectivity index (χ2n) is 10.1. The standard InChI is InChI=1S/C20H15N5O4S.C11H5ClN4O2S/c26-25(27)17-10-13-18(22-8-6-12-4-5-15-16(9-12)29-11-28-15)23-19(24-20(13)30-17)14-3-1-2-7-21-14;12-9-6-5-8(16(17)18)19-11(6)15-10(14-9)7-3-1-2-4-13-7/h1-5,7,9-10H,6,8,11H2,(H,22,23,24);1-5H. The van der Waals surface area contributed by atoms with E-state index in [1.54, 1.807) is 36.7 Å². The minimum absolute atomic E-state index is 0.00984. The molecule has 8 rings (SSSR count). The maximum absolute atomic E-state index is 11.2. The van der Waals surface area contributed by atoms with Crippen molar-refractivity contribution in [1.29, 1.82) is 0 Å². The maximum Gasteiger partial charge on any atom is 0.326 e. The summed E-state index contributed by atoms with van der Waals surface area (Å²) in [6.07, 6.45) is 3.99. The molecule has 1 aliphatic rings. The van der Waals surface area contributed by atoms with Crippen molar-refractivity contribution in [2.45, 2.75) is 6.42 Å². The highest BCUT2D eigenvalue weighted by molar-refractivity contribution is 7.22. The zero-order valence-corrected chi connectivity index (χ0v) is 27.2. The van der Waals surface area contributed by atoms with Gasteiger partial charge in [-0.3, -0.25) is 30.2 Å². The Bertz CT molecular complexity index is 2340. The van der Waals surface area contributed by atoms with E-state index in [-0.39, 0.29) is 21.9 Å². The second kappa shape index (κ2) is 13.7. The van der Waals surface area contributed by atoms with Crippen molar-refractivity contribution in [2.24, 2.45) is 0 Å². The predicted octanol–water partition coefficient (Wildman–Crippen LogP) is 7.36. The first kappa shape index (κ1) is 31.7. The molecule has 1 N–H and O–H groups in total. The van der Waals surface area contributed by atoms with Gasteiger partial charge in [0, 0.05) is 31.1 Å². The quantitative estimate of drug-likeness (QED) is 0.0933. The lowest BCUT2D eigenvalue weighted by Crippen LogP contribution is -2.08. The number of anilines is 1. The van der Waals surface area contributed by atoms with Crippen LogP contribution in [-0.2, 0) is 6.42 Å². The van der Waals surface area contributed by atoms with Gasteiger partial charge in [0.1, 0.15) is 32.0 Å². The summed E-state index contributed by atoms with van der Waals surface area (Å²) in [5.41, 5.74) is 2.26. The average molecular weight is 714 g/mol. The number of nitrogens with zero attached hydrogens (tertiary/aromatic N) is 8. The molecule has 49 heavy (non-hydrogen) atoms. The minimum Gasteiger partial charge on any atom is -0.454 e. The second-order valence-corrected chi connectivity index (χ2v) is 12.5. The summed E-state index contributed by atoms with van der Waals surface area (Å²) in [5, 5.41) is 26.6. The fraction of sp³-hybridized carbons (Fsp3) is 0.0968. The third-order valence-corrected chi connectivity index (χ3v) is 9.25. The predicted molar refractivity (Wildman–Crippen MR) is 184 cm³/mol. The molecule has 15 nitrogen and oxygen atoms in total. The Morgan fingerprint density at radius 3 is 2.00 bits per heavy atom. The van der Waals surface area contributed by atoms with Gasteiger partial charge in [-0.1, -0.05) is 29.8 Å². The van der Waals surface area contributed by atoms with Gasteiger partial charge in [-0.05, 0) is 71.1 Å². The Morgan fingerprint density at radius 1 is 0.755 bits per heavy atom. The Morgan fingerprint density at radius 2 is 1.37 bits per heavy atom. The van der Waals surface area contributed by atoms with Crippen molar-refractivity contribution in [1.82, 2.24) is 29.9 Å². The fourth-order valence-electron chi connectivity index (χ4n) is 4.74. The van der Waals surface area contributed by atoms with Crippen LogP contribution >= 0.6 is 34.3 Å². The van der Waals surface area contributed by atoms with Crippen molar-refractivity contribution >= 4 is 70.5 Å². The number of nitrogens with one attached hydrogen (secondary N) is 1. The van der Waals surface area contributed by atoms with Crippen LogP contribution in [0.25, 0.3) is 43.5 Å². The molecule has 6 aromatic heterocycles. The third-order valence-electron chi connectivity index (χ3n) is 7.00. The van der Waals surface area contributed by atoms with E-state index in [9.17, 15) is 20.2 Å². The van der Waals surface area contributed by atoms with Crippen LogP contribution in [-0.4, -0.2) is 53.1 Å². The molecular formula is C31H20ClN9O6S2. The summed E-state index contributed by atoms with van der Waals surface area (Å²) < 4.78 is 10.8. The largest absolute Gasteiger partial charge is 0.454 e. The molecule has 244 valence electrons. The van der Waals surface area contributed by atoms with E-state index >= 15 is 0 Å². The van der Waals surface area contributed by atoms with Crippen LogP contribution in [0.4, 0.5) is 15.8 Å². The van der Waals surface area contributed by atoms with Crippen LogP contribution < -0.4 is 14.8 Å². The van der Waals surface area contributed by atoms with Gasteiger partial charge in [0.05, 0.1) is 20.6 Å². The van der Waals surface area contributed by atoms with Gasteiger partial charge < -0.3 is 14.8 Å². The number of ether oxygens (including phenoxy) is 2. The molecule has 1 aliphatic heterocycles. The molecule has 0 radical (unpaired) electrons. The molecule has 1 aromatic carbocycles.